The van der Waals surface area contributed by atoms with Crippen molar-refractivity contribution >= 4 is 39.9 Å². The fraction of sp³-hybridized carbons (Fsp3) is 0.429. The van der Waals surface area contributed by atoms with Crippen LogP contribution in [0.2, 0.25) is 0 Å². The number of aryl methyl sites for hydroxylation is 2. The molecule has 1 aromatic heterocycles. The van der Waals surface area contributed by atoms with Crippen molar-refractivity contribution in [2.24, 2.45) is 0 Å². The molecule has 2 aliphatic heterocycles. The Labute approximate surface area is 179 Å². The lowest BCUT2D eigenvalue weighted by molar-refractivity contribution is -0.137. The van der Waals surface area contributed by atoms with Gasteiger partial charge in [-0.1, -0.05) is 12.1 Å². The molecule has 1 saturated heterocycles. The number of hydrogen-bond acceptors (Lipinski definition) is 6. The third-order valence-electron chi connectivity index (χ3n) is 5.87. The number of fused-ring (bicyclic) bond motifs is 1. The summed E-state index contributed by atoms with van der Waals surface area (Å²) in [4.78, 5) is 45.1. The van der Waals surface area contributed by atoms with Crippen molar-refractivity contribution in [1.82, 2.24) is 15.2 Å². The third-order valence-corrected chi connectivity index (χ3v) is 6.86. The van der Waals surface area contributed by atoms with Crippen LogP contribution in [0.5, 0.6) is 0 Å². The summed E-state index contributed by atoms with van der Waals surface area (Å²) in [6.45, 7) is 5.93. The van der Waals surface area contributed by atoms with Gasteiger partial charge in [-0.05, 0) is 39.3 Å². The average molecular weight is 428 g/mol. The minimum Gasteiger partial charge on any atom is -0.362 e. The summed E-state index contributed by atoms with van der Waals surface area (Å²) in [5.74, 6) is -0.513. The Balaban J connectivity index is 1.47. The molecule has 30 heavy (non-hydrogen) atoms. The van der Waals surface area contributed by atoms with Crippen molar-refractivity contribution in [2.75, 3.05) is 17.2 Å². The first-order valence-corrected chi connectivity index (χ1v) is 10.8. The van der Waals surface area contributed by atoms with Crippen LogP contribution in [-0.4, -0.2) is 45.9 Å². The van der Waals surface area contributed by atoms with Crippen molar-refractivity contribution in [3.63, 3.8) is 0 Å². The molecule has 1 spiro atoms. The van der Waals surface area contributed by atoms with E-state index in [1.54, 1.807) is 17.9 Å². The predicted molar refractivity (Wildman–Crippen MR) is 116 cm³/mol. The first-order chi connectivity index (χ1) is 14.3. The summed E-state index contributed by atoms with van der Waals surface area (Å²) in [6, 6.07) is 6.70. The lowest BCUT2D eigenvalue weighted by atomic mass is 9.95. The highest BCUT2D eigenvalue weighted by Gasteiger charge is 2.41. The smallest absolute Gasteiger partial charge is 0.255 e. The lowest BCUT2D eigenvalue weighted by Gasteiger charge is -2.40. The van der Waals surface area contributed by atoms with Crippen LogP contribution in [0.4, 0.5) is 10.8 Å². The van der Waals surface area contributed by atoms with Crippen LogP contribution in [-0.2, 0) is 9.59 Å². The van der Waals surface area contributed by atoms with Gasteiger partial charge < -0.3 is 20.9 Å². The minimum atomic E-state index is -0.699. The van der Waals surface area contributed by atoms with Gasteiger partial charge in [-0.3, -0.25) is 14.4 Å². The maximum Gasteiger partial charge on any atom is 0.255 e. The van der Waals surface area contributed by atoms with Crippen LogP contribution >= 0.6 is 11.3 Å². The number of thiazole rings is 1. The second-order valence-electron chi connectivity index (χ2n) is 7.87. The average Bonchev–Trinajstić information content (AvgIpc) is 2.94. The van der Waals surface area contributed by atoms with Crippen LogP contribution in [0.15, 0.2) is 24.3 Å². The van der Waals surface area contributed by atoms with E-state index in [4.69, 9.17) is 0 Å². The fourth-order valence-electron chi connectivity index (χ4n) is 3.93. The SMILES string of the molecule is Cc1nc(NC(=O)[C@@H](C)N2CC[C@@]3(CCC2=O)NC(=O)c2ccccc2N3)sc1C. The van der Waals surface area contributed by atoms with E-state index in [9.17, 15) is 14.4 Å². The number of benzene rings is 1. The van der Waals surface area contributed by atoms with E-state index in [1.807, 2.05) is 32.0 Å². The molecule has 3 heterocycles. The number of anilines is 2. The van der Waals surface area contributed by atoms with Gasteiger partial charge in [-0.15, -0.1) is 11.3 Å². The zero-order valence-electron chi connectivity index (χ0n) is 17.2. The Kier molecular flexibility index (Phi) is 5.23. The molecule has 3 N–H and O–H groups in total. The van der Waals surface area contributed by atoms with Gasteiger partial charge in [0.15, 0.2) is 5.13 Å². The highest BCUT2D eigenvalue weighted by molar-refractivity contribution is 7.15. The van der Waals surface area contributed by atoms with Gasteiger partial charge in [0, 0.05) is 30.0 Å². The van der Waals surface area contributed by atoms with E-state index < -0.39 is 11.7 Å². The van der Waals surface area contributed by atoms with Gasteiger partial charge in [0.2, 0.25) is 11.8 Å². The third kappa shape index (κ3) is 3.77. The Hall–Kier alpha value is -2.94. The van der Waals surface area contributed by atoms with E-state index in [0.717, 1.165) is 16.3 Å². The Bertz CT molecular complexity index is 1000. The van der Waals surface area contributed by atoms with Crippen molar-refractivity contribution in [2.45, 2.75) is 51.7 Å². The molecule has 0 aliphatic carbocycles. The molecule has 8 nitrogen and oxygen atoms in total. The van der Waals surface area contributed by atoms with Crippen LogP contribution in [0.1, 0.15) is 47.1 Å². The number of amides is 3. The number of carbonyl (C=O) groups excluding carboxylic acids is 3. The van der Waals surface area contributed by atoms with E-state index in [1.165, 1.54) is 11.3 Å². The molecule has 1 fully saturated rings. The Morgan fingerprint density at radius 3 is 2.73 bits per heavy atom. The van der Waals surface area contributed by atoms with Crippen molar-refractivity contribution < 1.29 is 14.4 Å². The van der Waals surface area contributed by atoms with Crippen LogP contribution in [0.25, 0.3) is 0 Å². The van der Waals surface area contributed by atoms with Crippen LogP contribution in [0.3, 0.4) is 0 Å². The second-order valence-corrected chi connectivity index (χ2v) is 9.07. The first kappa shape index (κ1) is 20.3. The molecule has 0 unspecified atom stereocenters. The Morgan fingerprint density at radius 2 is 2.00 bits per heavy atom. The molecule has 0 saturated carbocycles. The number of likely N-dealkylation sites (tertiary alicyclic amines) is 1. The largest absolute Gasteiger partial charge is 0.362 e. The molecule has 4 rings (SSSR count). The summed E-state index contributed by atoms with van der Waals surface area (Å²) in [5.41, 5.74) is 1.55. The number of aromatic nitrogens is 1. The van der Waals surface area contributed by atoms with Crippen LogP contribution < -0.4 is 16.0 Å². The van der Waals surface area contributed by atoms with Crippen LogP contribution in [0, 0.1) is 13.8 Å². The summed E-state index contributed by atoms with van der Waals surface area (Å²) in [6.07, 6.45) is 1.20. The summed E-state index contributed by atoms with van der Waals surface area (Å²) in [5, 5.41) is 9.83. The molecule has 9 heteroatoms. The van der Waals surface area contributed by atoms with Gasteiger partial charge in [0.05, 0.1) is 11.3 Å². The normalized spacial score (nSPS) is 22.0. The number of para-hydroxylation sites is 1. The second kappa shape index (κ2) is 7.71. The first-order valence-electron chi connectivity index (χ1n) is 10.0. The van der Waals surface area contributed by atoms with Crippen molar-refractivity contribution in [3.8, 4) is 0 Å². The maximum atomic E-state index is 12.8. The molecule has 3 amide bonds. The predicted octanol–water partition coefficient (Wildman–Crippen LogP) is 2.65. The molecular weight excluding hydrogens is 402 g/mol. The van der Waals surface area contributed by atoms with Crippen molar-refractivity contribution in [1.29, 1.82) is 0 Å². The molecule has 2 atom stereocenters. The van der Waals surface area contributed by atoms with E-state index >= 15 is 0 Å². The molecule has 2 aliphatic rings. The highest BCUT2D eigenvalue weighted by Crippen LogP contribution is 2.32. The van der Waals surface area contributed by atoms with Gasteiger partial charge in [0.25, 0.3) is 5.91 Å². The molecule has 2 aromatic rings. The quantitative estimate of drug-likeness (QED) is 0.699. The zero-order valence-corrected chi connectivity index (χ0v) is 18.1. The summed E-state index contributed by atoms with van der Waals surface area (Å²) >= 11 is 1.42. The number of rotatable bonds is 3. The maximum absolute atomic E-state index is 12.8. The molecule has 1 aromatic carbocycles. The zero-order chi connectivity index (χ0) is 21.5. The minimum absolute atomic E-state index is 0.101. The lowest BCUT2D eigenvalue weighted by Crippen LogP contribution is -2.58. The molecule has 0 bridgehead atoms. The van der Waals surface area contributed by atoms with Gasteiger partial charge in [-0.25, -0.2) is 4.98 Å². The van der Waals surface area contributed by atoms with Gasteiger partial charge in [-0.2, -0.15) is 0 Å². The Morgan fingerprint density at radius 1 is 1.23 bits per heavy atom. The fourth-order valence-corrected chi connectivity index (χ4v) is 4.74. The highest BCUT2D eigenvalue weighted by atomic mass is 32.1. The number of hydrogen-bond donors (Lipinski definition) is 3. The number of nitrogens with one attached hydrogen (secondary N) is 3. The van der Waals surface area contributed by atoms with E-state index in [0.29, 0.717) is 30.1 Å². The topological polar surface area (TPSA) is 103 Å². The number of carbonyl (C=O) groups is 3. The van der Waals surface area contributed by atoms with Crippen molar-refractivity contribution in [3.05, 3.63) is 40.4 Å². The molecule has 0 radical (unpaired) electrons. The number of nitrogens with zero attached hydrogens (tertiary/aromatic N) is 2. The standard InChI is InChI=1S/C21H25N5O3S/c1-12-14(3)30-20(22-12)23-18(28)13(2)26-11-10-21(9-8-17(26)27)24-16-7-5-4-6-15(16)19(29)25-21/h4-7,13,24H,8-11H2,1-3H3,(H,25,29)(H,22,23,28)/t13-,21-/m1/s1. The monoisotopic (exact) mass is 427 g/mol. The van der Waals surface area contributed by atoms with Gasteiger partial charge >= 0.3 is 0 Å². The van der Waals surface area contributed by atoms with E-state index in [-0.39, 0.29) is 24.1 Å². The summed E-state index contributed by atoms with van der Waals surface area (Å²) in [7, 11) is 0. The molecule has 158 valence electrons. The molecular formula is C21H25N5O3S. The van der Waals surface area contributed by atoms with Gasteiger partial charge in [0.1, 0.15) is 11.7 Å². The summed E-state index contributed by atoms with van der Waals surface area (Å²) < 4.78 is 0. The van der Waals surface area contributed by atoms with E-state index in [2.05, 4.69) is 20.9 Å².